The molecule has 7 rings (SSSR count). The van der Waals surface area contributed by atoms with Gasteiger partial charge >= 0.3 is 0 Å². The van der Waals surface area contributed by atoms with Crippen LogP contribution in [0.1, 0.15) is 0 Å². The molecule has 0 aromatic heterocycles. The van der Waals surface area contributed by atoms with Crippen LogP contribution in [-0.4, -0.2) is 0 Å². The van der Waals surface area contributed by atoms with Gasteiger partial charge in [0.05, 0.1) is 0 Å². The number of halogens is 1. The smallest absolute Gasteiger partial charge is 0.0406 e. The summed E-state index contributed by atoms with van der Waals surface area (Å²) in [4.78, 5) is 0. The molecule has 0 aliphatic heterocycles. The highest BCUT2D eigenvalue weighted by atomic mass is 35.5. The van der Waals surface area contributed by atoms with Crippen LogP contribution in [0.2, 0.25) is 5.02 Å². The van der Waals surface area contributed by atoms with Gasteiger partial charge in [0.1, 0.15) is 0 Å². The van der Waals surface area contributed by atoms with Gasteiger partial charge in [-0.3, -0.25) is 0 Å². The Hall–Kier alpha value is -5.17. The molecule has 0 bridgehead atoms. The molecule has 204 valence electrons. The highest BCUT2D eigenvalue weighted by Crippen LogP contribution is 2.55. The van der Waals surface area contributed by atoms with Gasteiger partial charge in [0.2, 0.25) is 0 Å². The fraction of sp³-hybridized carbons (Fsp3) is 0. The Balaban J connectivity index is 1.81. The van der Waals surface area contributed by atoms with E-state index in [1.165, 1.54) is 61.2 Å². The minimum absolute atomic E-state index is 0.721. The van der Waals surface area contributed by atoms with E-state index in [0.29, 0.717) is 0 Å². The predicted octanol–water partition coefficient (Wildman–Crippen LogP) is 12.3. The van der Waals surface area contributed by atoms with Gasteiger partial charge in [-0.25, -0.2) is 0 Å². The summed E-state index contributed by atoms with van der Waals surface area (Å²) in [5, 5.41) is 0.721. The average Bonchev–Trinajstić information content (AvgIpc) is 3.09. The zero-order valence-electron chi connectivity index (χ0n) is 23.6. The Morgan fingerprint density at radius 2 is 0.395 bits per heavy atom. The first kappa shape index (κ1) is 26.7. The van der Waals surface area contributed by atoms with Crippen LogP contribution in [0.4, 0.5) is 0 Å². The summed E-state index contributed by atoms with van der Waals surface area (Å²) in [6.45, 7) is 0. The van der Waals surface area contributed by atoms with Crippen molar-refractivity contribution in [3.63, 3.8) is 0 Å². The van der Waals surface area contributed by atoms with Gasteiger partial charge in [0.25, 0.3) is 0 Å². The summed E-state index contributed by atoms with van der Waals surface area (Å²) in [5.74, 6) is 0. The molecule has 7 aromatic rings. The second-order valence-corrected chi connectivity index (χ2v) is 11.0. The van der Waals surface area contributed by atoms with Gasteiger partial charge in [-0.1, -0.05) is 175 Å². The average molecular weight is 569 g/mol. The number of hydrogen-bond acceptors (Lipinski definition) is 0. The van der Waals surface area contributed by atoms with Crippen molar-refractivity contribution in [2.45, 2.75) is 0 Å². The van der Waals surface area contributed by atoms with Gasteiger partial charge in [0.15, 0.2) is 0 Å². The van der Waals surface area contributed by atoms with Gasteiger partial charge in [-0.05, 0) is 78.9 Å². The monoisotopic (exact) mass is 568 g/mol. The van der Waals surface area contributed by atoms with Crippen LogP contribution in [0, 0.1) is 0 Å². The van der Waals surface area contributed by atoms with E-state index in [9.17, 15) is 0 Å². The van der Waals surface area contributed by atoms with Crippen molar-refractivity contribution in [3.8, 4) is 66.8 Å². The van der Waals surface area contributed by atoms with Crippen LogP contribution >= 0.6 is 11.6 Å². The maximum Gasteiger partial charge on any atom is 0.0406 e. The molecule has 0 fully saturated rings. The molecule has 0 saturated carbocycles. The first-order chi connectivity index (χ1) is 21.3. The third-order valence-corrected chi connectivity index (χ3v) is 8.20. The molecule has 1 heteroatoms. The molecule has 0 spiro atoms. The van der Waals surface area contributed by atoms with Crippen LogP contribution in [0.25, 0.3) is 66.8 Å². The molecule has 43 heavy (non-hydrogen) atoms. The molecule has 0 nitrogen and oxygen atoms in total. The van der Waals surface area contributed by atoms with Crippen LogP contribution < -0.4 is 0 Å². The molecule has 0 aliphatic rings. The molecular weight excluding hydrogens is 540 g/mol. The Labute approximate surface area is 258 Å². The van der Waals surface area contributed by atoms with E-state index in [1.54, 1.807) is 0 Å². The highest BCUT2D eigenvalue weighted by Gasteiger charge is 2.28. The fourth-order valence-electron chi connectivity index (χ4n) is 6.12. The van der Waals surface area contributed by atoms with Crippen LogP contribution in [0.3, 0.4) is 0 Å². The van der Waals surface area contributed by atoms with E-state index >= 15 is 0 Å². The second-order valence-electron chi connectivity index (χ2n) is 10.6. The summed E-state index contributed by atoms with van der Waals surface area (Å²) < 4.78 is 0. The fourth-order valence-corrected chi connectivity index (χ4v) is 6.25. The maximum absolute atomic E-state index is 6.47. The lowest BCUT2D eigenvalue weighted by atomic mass is 9.74. The normalized spacial score (nSPS) is 10.9. The lowest BCUT2D eigenvalue weighted by molar-refractivity contribution is 1.51. The largest absolute Gasteiger partial charge is 0.0843 e. The number of hydrogen-bond donors (Lipinski definition) is 0. The van der Waals surface area contributed by atoms with Crippen molar-refractivity contribution < 1.29 is 0 Å². The Bertz CT molecular complexity index is 1860. The molecule has 0 unspecified atom stereocenters. The summed E-state index contributed by atoms with van der Waals surface area (Å²) in [5.41, 5.74) is 14.2. The van der Waals surface area contributed by atoms with E-state index in [-0.39, 0.29) is 0 Å². The van der Waals surface area contributed by atoms with E-state index in [0.717, 1.165) is 10.6 Å². The quantitative estimate of drug-likeness (QED) is 0.187. The van der Waals surface area contributed by atoms with Crippen molar-refractivity contribution in [3.05, 3.63) is 181 Å². The Kier molecular flexibility index (Phi) is 7.44. The number of benzene rings is 7. The maximum atomic E-state index is 6.47. The third kappa shape index (κ3) is 5.18. The highest BCUT2D eigenvalue weighted by molar-refractivity contribution is 6.30. The number of rotatable bonds is 6. The summed E-state index contributed by atoms with van der Waals surface area (Å²) in [6, 6.07) is 62.4. The molecule has 0 radical (unpaired) electrons. The van der Waals surface area contributed by atoms with Crippen molar-refractivity contribution in [1.29, 1.82) is 0 Å². The van der Waals surface area contributed by atoms with E-state index < -0.39 is 0 Å². The lowest BCUT2D eigenvalue weighted by Crippen LogP contribution is -2.02. The predicted molar refractivity (Wildman–Crippen MR) is 184 cm³/mol. The van der Waals surface area contributed by atoms with Crippen LogP contribution in [-0.2, 0) is 0 Å². The first-order valence-electron chi connectivity index (χ1n) is 14.6. The van der Waals surface area contributed by atoms with Gasteiger partial charge < -0.3 is 0 Å². The Morgan fingerprint density at radius 1 is 0.209 bits per heavy atom. The van der Waals surface area contributed by atoms with Crippen molar-refractivity contribution in [2.24, 2.45) is 0 Å². The first-order valence-corrected chi connectivity index (χ1v) is 14.9. The van der Waals surface area contributed by atoms with E-state index in [1.807, 2.05) is 12.1 Å². The molecule has 0 atom stereocenters. The molecule has 0 aliphatic carbocycles. The standard InChI is InChI=1S/C42H29Cl/c43-36-28-26-35(27-29-36)42-40(33-22-12-4-13-23-33)38(31-18-8-2-9-19-31)37(30-16-6-1-7-17-30)39(32-20-10-3-11-21-32)41(42)34-24-14-5-15-25-34/h1-29H. The van der Waals surface area contributed by atoms with Crippen molar-refractivity contribution in [1.82, 2.24) is 0 Å². The zero-order valence-corrected chi connectivity index (χ0v) is 24.4. The van der Waals surface area contributed by atoms with Gasteiger partial charge in [-0.2, -0.15) is 0 Å². The summed E-state index contributed by atoms with van der Waals surface area (Å²) >= 11 is 6.47. The summed E-state index contributed by atoms with van der Waals surface area (Å²) in [7, 11) is 0. The van der Waals surface area contributed by atoms with E-state index in [2.05, 4.69) is 164 Å². The minimum Gasteiger partial charge on any atom is -0.0843 e. The van der Waals surface area contributed by atoms with Crippen molar-refractivity contribution in [2.75, 3.05) is 0 Å². The summed E-state index contributed by atoms with van der Waals surface area (Å²) in [6.07, 6.45) is 0. The molecule has 0 N–H and O–H groups in total. The van der Waals surface area contributed by atoms with E-state index in [4.69, 9.17) is 11.6 Å². The molecule has 0 heterocycles. The minimum atomic E-state index is 0.721. The third-order valence-electron chi connectivity index (χ3n) is 7.95. The second kappa shape index (κ2) is 12.0. The molecular formula is C42H29Cl. The van der Waals surface area contributed by atoms with Crippen LogP contribution in [0.5, 0.6) is 0 Å². The van der Waals surface area contributed by atoms with Crippen molar-refractivity contribution >= 4 is 11.6 Å². The van der Waals surface area contributed by atoms with Gasteiger partial charge in [-0.15, -0.1) is 0 Å². The van der Waals surface area contributed by atoms with Gasteiger partial charge in [0, 0.05) is 5.02 Å². The Morgan fingerprint density at radius 3 is 0.605 bits per heavy atom. The lowest BCUT2D eigenvalue weighted by Gasteiger charge is -2.28. The molecule has 0 amide bonds. The molecule has 0 saturated heterocycles. The zero-order chi connectivity index (χ0) is 29.0. The molecule has 7 aromatic carbocycles. The van der Waals surface area contributed by atoms with Crippen LogP contribution in [0.15, 0.2) is 176 Å². The topological polar surface area (TPSA) is 0 Å². The SMILES string of the molecule is Clc1ccc(-c2c(-c3ccccc3)c(-c3ccccc3)c(-c3ccccc3)c(-c3ccccc3)c2-c2ccccc2)cc1.